The van der Waals surface area contributed by atoms with E-state index in [-0.39, 0.29) is 0 Å². The molecule has 0 amide bonds. The molecule has 17 heavy (non-hydrogen) atoms. The van der Waals surface area contributed by atoms with Crippen molar-refractivity contribution in [2.24, 2.45) is 0 Å². The first kappa shape index (κ1) is 12.5. The molecule has 0 fully saturated rings. The minimum Gasteiger partial charge on any atom is -0.381 e. The predicted molar refractivity (Wildman–Crippen MR) is 72.5 cm³/mol. The molecule has 6 heteroatoms. The Bertz CT molecular complexity index is 514. The highest BCUT2D eigenvalue weighted by Gasteiger charge is 2.08. The summed E-state index contributed by atoms with van der Waals surface area (Å²) in [6, 6.07) is 5.43. The SMILES string of the molecule is Nc1nccnc1SCc1c(Cl)cccc1Cl. The van der Waals surface area contributed by atoms with Crippen LogP contribution in [0.5, 0.6) is 0 Å². The van der Waals surface area contributed by atoms with E-state index in [0.717, 1.165) is 5.56 Å². The number of hydrogen-bond acceptors (Lipinski definition) is 4. The van der Waals surface area contributed by atoms with Gasteiger partial charge in [-0.2, -0.15) is 0 Å². The smallest absolute Gasteiger partial charge is 0.156 e. The third-order valence-corrected chi connectivity index (χ3v) is 3.84. The molecule has 0 aliphatic heterocycles. The summed E-state index contributed by atoms with van der Waals surface area (Å²) < 4.78 is 0. The lowest BCUT2D eigenvalue weighted by atomic mass is 10.2. The van der Waals surface area contributed by atoms with Gasteiger partial charge in [0.05, 0.1) is 0 Å². The van der Waals surface area contributed by atoms with Gasteiger partial charge in [-0.05, 0) is 17.7 Å². The number of rotatable bonds is 3. The lowest BCUT2D eigenvalue weighted by Crippen LogP contribution is -1.95. The van der Waals surface area contributed by atoms with Crippen molar-refractivity contribution < 1.29 is 0 Å². The van der Waals surface area contributed by atoms with Gasteiger partial charge in [-0.3, -0.25) is 0 Å². The molecule has 0 saturated carbocycles. The first-order valence-electron chi connectivity index (χ1n) is 4.80. The first-order valence-corrected chi connectivity index (χ1v) is 6.55. The topological polar surface area (TPSA) is 51.8 Å². The van der Waals surface area contributed by atoms with E-state index in [2.05, 4.69) is 9.97 Å². The molecule has 0 spiro atoms. The fraction of sp³-hybridized carbons (Fsp3) is 0.0909. The summed E-state index contributed by atoms with van der Waals surface area (Å²) in [5, 5.41) is 1.98. The van der Waals surface area contributed by atoms with Gasteiger partial charge in [-0.1, -0.05) is 41.0 Å². The summed E-state index contributed by atoms with van der Waals surface area (Å²) in [5.41, 5.74) is 6.58. The number of nitrogen functional groups attached to an aromatic ring is 1. The van der Waals surface area contributed by atoms with Crippen molar-refractivity contribution in [3.63, 3.8) is 0 Å². The van der Waals surface area contributed by atoms with Gasteiger partial charge in [0.2, 0.25) is 0 Å². The number of aromatic nitrogens is 2. The van der Waals surface area contributed by atoms with Gasteiger partial charge in [0.1, 0.15) is 5.03 Å². The highest BCUT2D eigenvalue weighted by atomic mass is 35.5. The maximum Gasteiger partial charge on any atom is 0.156 e. The van der Waals surface area contributed by atoms with Crippen LogP contribution in [0.4, 0.5) is 5.82 Å². The number of thioether (sulfide) groups is 1. The minimum absolute atomic E-state index is 0.417. The molecule has 0 unspecified atom stereocenters. The molecular formula is C11H9Cl2N3S. The summed E-state index contributed by atoms with van der Waals surface area (Å²) in [6.45, 7) is 0. The summed E-state index contributed by atoms with van der Waals surface area (Å²) in [7, 11) is 0. The highest BCUT2D eigenvalue weighted by molar-refractivity contribution is 7.98. The molecule has 1 aromatic heterocycles. The minimum atomic E-state index is 0.417. The average molecular weight is 286 g/mol. The van der Waals surface area contributed by atoms with Crippen LogP contribution >= 0.6 is 35.0 Å². The molecule has 2 N–H and O–H groups in total. The zero-order valence-corrected chi connectivity index (χ0v) is 11.1. The van der Waals surface area contributed by atoms with Crippen LogP contribution in [0.1, 0.15) is 5.56 Å². The molecule has 88 valence electrons. The van der Waals surface area contributed by atoms with E-state index in [1.807, 2.05) is 18.2 Å². The number of nitrogens with zero attached hydrogens (tertiary/aromatic N) is 2. The summed E-state index contributed by atoms with van der Waals surface area (Å²) in [6.07, 6.45) is 3.16. The summed E-state index contributed by atoms with van der Waals surface area (Å²) in [5.74, 6) is 1.03. The second kappa shape index (κ2) is 5.58. The molecule has 0 aliphatic carbocycles. The van der Waals surface area contributed by atoms with Crippen LogP contribution in [0.15, 0.2) is 35.6 Å². The fourth-order valence-corrected chi connectivity index (χ4v) is 2.88. The van der Waals surface area contributed by atoms with E-state index < -0.39 is 0 Å². The van der Waals surface area contributed by atoms with E-state index >= 15 is 0 Å². The van der Waals surface area contributed by atoms with Crippen LogP contribution in [0.2, 0.25) is 10.0 Å². The Balaban J connectivity index is 2.16. The molecule has 2 aromatic rings. The Labute approximate surface area is 113 Å². The third kappa shape index (κ3) is 3.03. The van der Waals surface area contributed by atoms with Crippen molar-refractivity contribution in [1.82, 2.24) is 9.97 Å². The number of benzene rings is 1. The molecular weight excluding hydrogens is 277 g/mol. The first-order chi connectivity index (χ1) is 8.18. The van der Waals surface area contributed by atoms with Gasteiger partial charge in [-0.15, -0.1) is 0 Å². The van der Waals surface area contributed by atoms with Crippen LogP contribution in [-0.4, -0.2) is 9.97 Å². The molecule has 0 bridgehead atoms. The molecule has 0 saturated heterocycles. The zero-order valence-electron chi connectivity index (χ0n) is 8.73. The number of anilines is 1. The normalized spacial score (nSPS) is 10.5. The van der Waals surface area contributed by atoms with Crippen molar-refractivity contribution in [2.45, 2.75) is 10.8 Å². The summed E-state index contributed by atoms with van der Waals surface area (Å²) in [4.78, 5) is 8.11. The second-order valence-electron chi connectivity index (χ2n) is 3.24. The van der Waals surface area contributed by atoms with Crippen molar-refractivity contribution >= 4 is 40.8 Å². The van der Waals surface area contributed by atoms with Gasteiger partial charge >= 0.3 is 0 Å². The number of nitrogens with two attached hydrogens (primary N) is 1. The van der Waals surface area contributed by atoms with E-state index in [1.165, 1.54) is 11.8 Å². The fourth-order valence-electron chi connectivity index (χ4n) is 1.26. The van der Waals surface area contributed by atoms with E-state index in [0.29, 0.717) is 26.6 Å². The largest absolute Gasteiger partial charge is 0.381 e. The quantitative estimate of drug-likeness (QED) is 0.875. The lowest BCUT2D eigenvalue weighted by molar-refractivity contribution is 1.07. The van der Waals surface area contributed by atoms with Crippen molar-refractivity contribution in [3.8, 4) is 0 Å². The Morgan fingerprint density at radius 1 is 1.12 bits per heavy atom. The molecule has 3 nitrogen and oxygen atoms in total. The highest BCUT2D eigenvalue weighted by Crippen LogP contribution is 2.31. The van der Waals surface area contributed by atoms with E-state index in [9.17, 15) is 0 Å². The molecule has 0 radical (unpaired) electrons. The average Bonchev–Trinajstić information content (AvgIpc) is 2.30. The monoisotopic (exact) mass is 285 g/mol. The van der Waals surface area contributed by atoms with Crippen molar-refractivity contribution in [2.75, 3.05) is 5.73 Å². The molecule has 1 aromatic carbocycles. The van der Waals surface area contributed by atoms with Crippen LogP contribution in [-0.2, 0) is 5.75 Å². The second-order valence-corrected chi connectivity index (χ2v) is 5.01. The van der Waals surface area contributed by atoms with Gasteiger partial charge < -0.3 is 5.73 Å². The van der Waals surface area contributed by atoms with Crippen LogP contribution in [0.3, 0.4) is 0 Å². The van der Waals surface area contributed by atoms with Crippen LogP contribution in [0, 0.1) is 0 Å². The van der Waals surface area contributed by atoms with Gasteiger partial charge in [0.25, 0.3) is 0 Å². The van der Waals surface area contributed by atoms with E-state index in [1.54, 1.807) is 12.4 Å². The van der Waals surface area contributed by atoms with Crippen molar-refractivity contribution in [3.05, 3.63) is 46.2 Å². The maximum absolute atomic E-state index is 6.07. The Morgan fingerprint density at radius 3 is 2.41 bits per heavy atom. The number of halogens is 2. The molecule has 0 aliphatic rings. The predicted octanol–water partition coefficient (Wildman–Crippen LogP) is 3.66. The van der Waals surface area contributed by atoms with Gasteiger partial charge in [0.15, 0.2) is 5.82 Å². The molecule has 0 atom stereocenters. The van der Waals surface area contributed by atoms with Crippen LogP contribution < -0.4 is 5.73 Å². The maximum atomic E-state index is 6.07. The Hall–Kier alpha value is -0.970. The third-order valence-electron chi connectivity index (χ3n) is 2.11. The van der Waals surface area contributed by atoms with Crippen molar-refractivity contribution in [1.29, 1.82) is 0 Å². The van der Waals surface area contributed by atoms with Gasteiger partial charge in [0, 0.05) is 28.2 Å². The zero-order chi connectivity index (χ0) is 12.3. The summed E-state index contributed by atoms with van der Waals surface area (Å²) >= 11 is 13.6. The lowest BCUT2D eigenvalue weighted by Gasteiger charge is -2.06. The Morgan fingerprint density at radius 2 is 1.76 bits per heavy atom. The van der Waals surface area contributed by atoms with Gasteiger partial charge in [-0.25, -0.2) is 9.97 Å². The standard InChI is InChI=1S/C11H9Cl2N3S/c12-8-2-1-3-9(13)7(8)6-17-11-10(14)15-4-5-16-11/h1-5H,6H2,(H2,14,15). The molecule has 1 heterocycles. The van der Waals surface area contributed by atoms with Crippen LogP contribution in [0.25, 0.3) is 0 Å². The Kier molecular flexibility index (Phi) is 4.10. The van der Waals surface area contributed by atoms with E-state index in [4.69, 9.17) is 28.9 Å². The number of hydrogen-bond donors (Lipinski definition) is 1. The molecule has 2 rings (SSSR count).